The fourth-order valence-electron chi connectivity index (χ4n) is 4.62. The van der Waals surface area contributed by atoms with Crippen molar-refractivity contribution >= 4 is 43.5 Å². The number of esters is 1. The summed E-state index contributed by atoms with van der Waals surface area (Å²) in [6, 6.07) is 19.4. The average molecular weight is 550 g/mol. The van der Waals surface area contributed by atoms with Crippen molar-refractivity contribution in [2.75, 3.05) is 13.2 Å². The first-order valence-electron chi connectivity index (χ1n) is 12.3. The number of aryl methyl sites for hydroxylation is 1. The number of ether oxygens (including phenoxy) is 1. The second-order valence-electron chi connectivity index (χ2n) is 9.00. The third kappa shape index (κ3) is 5.07. The number of amides is 1. The molecule has 2 heterocycles. The molecule has 10 heteroatoms. The van der Waals surface area contributed by atoms with E-state index >= 15 is 0 Å². The van der Waals surface area contributed by atoms with Crippen LogP contribution in [0.25, 0.3) is 10.2 Å². The highest BCUT2D eigenvalue weighted by Gasteiger charge is 2.28. The number of sulfonamides is 1. The van der Waals surface area contributed by atoms with Crippen LogP contribution in [0.5, 0.6) is 0 Å². The molecule has 4 aromatic rings. The minimum atomic E-state index is -3.72. The number of rotatable bonds is 6. The van der Waals surface area contributed by atoms with Crippen LogP contribution in [0.2, 0.25) is 0 Å². The number of hydrogen-bond donors (Lipinski definition) is 0. The first-order valence-corrected chi connectivity index (χ1v) is 14.5. The van der Waals surface area contributed by atoms with E-state index in [9.17, 15) is 18.0 Å². The van der Waals surface area contributed by atoms with Crippen LogP contribution in [0, 0.1) is 6.92 Å². The van der Waals surface area contributed by atoms with Gasteiger partial charge in [-0.1, -0.05) is 47.7 Å². The Morgan fingerprint density at radius 2 is 1.74 bits per heavy atom. The molecule has 0 saturated heterocycles. The van der Waals surface area contributed by atoms with Crippen LogP contribution in [0.1, 0.15) is 34.0 Å². The predicted molar refractivity (Wildman–Crippen MR) is 145 cm³/mol. The normalized spacial score (nSPS) is 14.4. The summed E-state index contributed by atoms with van der Waals surface area (Å²) in [7, 11) is -3.72. The molecule has 8 nitrogen and oxygen atoms in total. The summed E-state index contributed by atoms with van der Waals surface area (Å²) in [4.78, 5) is 30.2. The molecule has 1 aromatic heterocycles. The molecule has 1 amide bonds. The molecule has 0 fully saturated rings. The van der Waals surface area contributed by atoms with Crippen molar-refractivity contribution in [2.24, 2.45) is 4.99 Å². The molecule has 196 valence electrons. The van der Waals surface area contributed by atoms with E-state index in [1.807, 2.05) is 49.4 Å². The largest absolute Gasteiger partial charge is 0.465 e. The van der Waals surface area contributed by atoms with E-state index in [2.05, 4.69) is 4.99 Å². The van der Waals surface area contributed by atoms with E-state index < -0.39 is 21.9 Å². The minimum Gasteiger partial charge on any atom is -0.465 e. The lowest BCUT2D eigenvalue weighted by molar-refractivity contribution is -0.143. The quantitative estimate of drug-likeness (QED) is 0.338. The lowest BCUT2D eigenvalue weighted by Crippen LogP contribution is -2.35. The molecule has 1 aliphatic rings. The number of benzene rings is 3. The lowest BCUT2D eigenvalue weighted by atomic mass is 10.0. The van der Waals surface area contributed by atoms with Gasteiger partial charge in [0.05, 0.1) is 21.7 Å². The fraction of sp³-hybridized carbons (Fsp3) is 0.250. The monoisotopic (exact) mass is 549 g/mol. The number of carbonyl (C=O) groups excluding carboxylic acids is 2. The molecule has 38 heavy (non-hydrogen) atoms. The van der Waals surface area contributed by atoms with Crippen molar-refractivity contribution in [2.45, 2.75) is 38.3 Å². The highest BCUT2D eigenvalue weighted by molar-refractivity contribution is 7.89. The highest BCUT2D eigenvalue weighted by atomic mass is 32.2. The van der Waals surface area contributed by atoms with E-state index in [0.29, 0.717) is 24.3 Å². The summed E-state index contributed by atoms with van der Waals surface area (Å²) in [5.74, 6) is -0.943. The van der Waals surface area contributed by atoms with Gasteiger partial charge < -0.3 is 9.30 Å². The Hall–Kier alpha value is -3.60. The molecule has 1 aliphatic heterocycles. The summed E-state index contributed by atoms with van der Waals surface area (Å²) in [6.07, 6.45) is 0.658. The second-order valence-corrected chi connectivity index (χ2v) is 11.9. The lowest BCUT2D eigenvalue weighted by Gasteiger charge is -2.28. The van der Waals surface area contributed by atoms with Crippen LogP contribution >= 0.6 is 11.3 Å². The van der Waals surface area contributed by atoms with Crippen molar-refractivity contribution in [3.63, 3.8) is 0 Å². The predicted octanol–water partition coefficient (Wildman–Crippen LogP) is 4.06. The van der Waals surface area contributed by atoms with Crippen LogP contribution < -0.4 is 4.80 Å². The molecule has 0 unspecified atom stereocenters. The zero-order valence-electron chi connectivity index (χ0n) is 21.1. The zero-order valence-corrected chi connectivity index (χ0v) is 22.7. The van der Waals surface area contributed by atoms with Gasteiger partial charge in [0.25, 0.3) is 5.91 Å². The number of nitrogens with zero attached hydrogens (tertiary/aromatic N) is 3. The maximum Gasteiger partial charge on any atom is 0.326 e. The maximum atomic E-state index is 13.3. The Labute approximate surface area is 224 Å². The van der Waals surface area contributed by atoms with Crippen LogP contribution in [-0.2, 0) is 39.1 Å². The summed E-state index contributed by atoms with van der Waals surface area (Å²) in [5, 5.41) is 0. The van der Waals surface area contributed by atoms with Crippen LogP contribution in [0.4, 0.5) is 0 Å². The van der Waals surface area contributed by atoms with Gasteiger partial charge in [-0.05, 0) is 67.3 Å². The van der Waals surface area contributed by atoms with Gasteiger partial charge in [0.2, 0.25) is 10.0 Å². The van der Waals surface area contributed by atoms with Crippen molar-refractivity contribution in [3.8, 4) is 0 Å². The number of aromatic nitrogens is 1. The van der Waals surface area contributed by atoms with Crippen molar-refractivity contribution < 1.29 is 22.7 Å². The molecule has 3 aromatic carbocycles. The number of para-hydroxylation sites is 1. The molecule has 0 saturated carbocycles. The summed E-state index contributed by atoms with van der Waals surface area (Å²) < 4.78 is 35.7. The summed E-state index contributed by atoms with van der Waals surface area (Å²) in [6.45, 7) is 4.58. The first kappa shape index (κ1) is 26.0. The number of hydrogen-bond acceptors (Lipinski definition) is 6. The van der Waals surface area contributed by atoms with Crippen LogP contribution in [0.15, 0.2) is 76.6 Å². The fourth-order valence-corrected chi connectivity index (χ4v) is 7.14. The number of fused-ring (bicyclic) bond motifs is 2. The van der Waals surface area contributed by atoms with Gasteiger partial charge in [0.1, 0.15) is 6.54 Å². The Kier molecular flexibility index (Phi) is 7.29. The van der Waals surface area contributed by atoms with Crippen molar-refractivity contribution in [1.82, 2.24) is 8.87 Å². The standard InChI is InChI=1S/C28H27N3O5S2/c1-3-36-25(32)18-31-26-19(2)7-6-10-24(26)37-28(31)29-27(33)21-11-13-23(14-12-21)38(34,35)30-16-15-20-8-4-5-9-22(20)17-30/h4-14H,3,15-18H2,1-2H3. The smallest absolute Gasteiger partial charge is 0.326 e. The Bertz CT molecular complexity index is 1700. The molecule has 0 N–H and O–H groups in total. The average Bonchev–Trinajstić information content (AvgIpc) is 3.26. The van der Waals surface area contributed by atoms with E-state index in [4.69, 9.17) is 4.74 Å². The summed E-state index contributed by atoms with van der Waals surface area (Å²) in [5.41, 5.74) is 4.19. The van der Waals surface area contributed by atoms with E-state index in [-0.39, 0.29) is 23.6 Å². The first-order chi connectivity index (χ1) is 18.3. The van der Waals surface area contributed by atoms with E-state index in [1.165, 1.54) is 39.9 Å². The Balaban J connectivity index is 1.43. The molecular formula is C28H27N3O5S2. The Morgan fingerprint density at radius 3 is 2.47 bits per heavy atom. The number of thiazole rings is 1. The molecule has 0 atom stereocenters. The molecule has 0 spiro atoms. The SMILES string of the molecule is CCOC(=O)Cn1c(=NC(=O)c2ccc(S(=O)(=O)N3CCc4ccccc4C3)cc2)sc2cccc(C)c21. The van der Waals surface area contributed by atoms with Gasteiger partial charge in [0.15, 0.2) is 4.80 Å². The Morgan fingerprint density at radius 1 is 1.00 bits per heavy atom. The second kappa shape index (κ2) is 10.6. The van der Waals surface area contributed by atoms with Gasteiger partial charge in [-0.2, -0.15) is 9.30 Å². The highest BCUT2D eigenvalue weighted by Crippen LogP contribution is 2.25. The molecule has 0 bridgehead atoms. The molecule has 5 rings (SSSR count). The van der Waals surface area contributed by atoms with E-state index in [0.717, 1.165) is 26.9 Å². The van der Waals surface area contributed by atoms with Gasteiger partial charge >= 0.3 is 5.97 Å². The molecule has 0 aliphatic carbocycles. The van der Waals surface area contributed by atoms with Gasteiger partial charge in [0, 0.05) is 18.7 Å². The van der Waals surface area contributed by atoms with Crippen LogP contribution in [-0.4, -0.2) is 42.3 Å². The van der Waals surface area contributed by atoms with Crippen molar-refractivity contribution in [1.29, 1.82) is 0 Å². The number of carbonyl (C=O) groups is 2. The third-order valence-electron chi connectivity index (χ3n) is 6.53. The van der Waals surface area contributed by atoms with Crippen molar-refractivity contribution in [3.05, 3.63) is 93.8 Å². The zero-order chi connectivity index (χ0) is 26.9. The minimum absolute atomic E-state index is 0.0685. The summed E-state index contributed by atoms with van der Waals surface area (Å²) >= 11 is 1.31. The topological polar surface area (TPSA) is 98.0 Å². The van der Waals surface area contributed by atoms with E-state index in [1.54, 1.807) is 11.5 Å². The third-order valence-corrected chi connectivity index (χ3v) is 9.43. The molecular weight excluding hydrogens is 522 g/mol. The van der Waals surface area contributed by atoms with Gasteiger partial charge in [-0.15, -0.1) is 0 Å². The molecule has 0 radical (unpaired) electrons. The van der Waals surface area contributed by atoms with Crippen LogP contribution in [0.3, 0.4) is 0 Å². The van der Waals surface area contributed by atoms with Gasteiger partial charge in [-0.25, -0.2) is 8.42 Å². The van der Waals surface area contributed by atoms with Gasteiger partial charge in [-0.3, -0.25) is 9.59 Å². The maximum absolute atomic E-state index is 13.3.